The number of hydrogen-bond acceptors (Lipinski definition) is 6. The molecule has 1 amide bonds. The maximum Gasteiger partial charge on any atom is 0.418 e. The summed E-state index contributed by atoms with van der Waals surface area (Å²) in [6.07, 6.45) is 0.204. The first-order valence-corrected chi connectivity index (χ1v) is 11.7. The van der Waals surface area contributed by atoms with Gasteiger partial charge in [0.1, 0.15) is 5.76 Å². The molecular weight excluding hydrogens is 479 g/mol. The quantitative estimate of drug-likeness (QED) is 0.444. The van der Waals surface area contributed by atoms with Crippen LogP contribution >= 0.6 is 23.4 Å². The molecule has 4 rings (SSSR count). The van der Waals surface area contributed by atoms with Gasteiger partial charge in [-0.05, 0) is 49.6 Å². The molecule has 0 spiro atoms. The Balaban J connectivity index is 1.49. The molecule has 1 aliphatic rings. The van der Waals surface area contributed by atoms with Gasteiger partial charge in [-0.25, -0.2) is 0 Å². The number of carbonyl (C=O) groups is 1. The molecule has 1 saturated heterocycles. The third-order valence-corrected chi connectivity index (χ3v) is 6.33. The largest absolute Gasteiger partial charge is 0.467 e. The first-order valence-electron chi connectivity index (χ1n) is 10.3. The summed E-state index contributed by atoms with van der Waals surface area (Å²) in [5.74, 6) is 0.650. The van der Waals surface area contributed by atoms with E-state index in [1.165, 1.54) is 6.07 Å². The van der Waals surface area contributed by atoms with Crippen molar-refractivity contribution in [2.24, 2.45) is 0 Å². The molecule has 3 heterocycles. The average Bonchev–Trinajstić information content (AvgIpc) is 3.44. The summed E-state index contributed by atoms with van der Waals surface area (Å²) in [5.41, 5.74) is -1.34. The van der Waals surface area contributed by atoms with Crippen molar-refractivity contribution in [3.8, 4) is 0 Å². The number of thioether (sulfide) groups is 1. The number of nitrogens with one attached hydrogen (secondary N) is 1. The second kappa shape index (κ2) is 10.1. The van der Waals surface area contributed by atoms with Crippen molar-refractivity contribution >= 4 is 40.9 Å². The van der Waals surface area contributed by atoms with Crippen molar-refractivity contribution < 1.29 is 22.4 Å². The zero-order chi connectivity index (χ0) is 23.4. The topological polar surface area (TPSA) is 76.2 Å². The molecule has 7 nitrogen and oxygen atoms in total. The third kappa shape index (κ3) is 5.83. The van der Waals surface area contributed by atoms with E-state index in [0.717, 1.165) is 56.2 Å². The first-order chi connectivity index (χ1) is 15.8. The minimum Gasteiger partial charge on any atom is -0.467 e. The molecule has 2 aromatic heterocycles. The van der Waals surface area contributed by atoms with E-state index in [1.54, 1.807) is 12.3 Å². The summed E-state index contributed by atoms with van der Waals surface area (Å²) in [5, 5.41) is 11.3. The lowest BCUT2D eigenvalue weighted by Gasteiger charge is -2.27. The Morgan fingerprint density at radius 1 is 1.18 bits per heavy atom. The zero-order valence-electron chi connectivity index (χ0n) is 17.4. The number of amides is 1. The molecule has 0 atom stereocenters. The number of nitrogens with zero attached hydrogens (tertiary/aromatic N) is 4. The third-order valence-electron chi connectivity index (χ3n) is 5.12. The fourth-order valence-corrected chi connectivity index (χ4v) is 4.49. The van der Waals surface area contributed by atoms with Crippen LogP contribution < -0.4 is 10.2 Å². The Morgan fingerprint density at radius 3 is 2.67 bits per heavy atom. The number of piperidine rings is 1. The van der Waals surface area contributed by atoms with E-state index in [2.05, 4.69) is 20.4 Å². The molecule has 0 radical (unpaired) electrons. The molecule has 176 valence electrons. The molecule has 0 aliphatic carbocycles. The van der Waals surface area contributed by atoms with Gasteiger partial charge < -0.3 is 14.6 Å². The number of benzene rings is 1. The van der Waals surface area contributed by atoms with Crippen molar-refractivity contribution in [2.75, 3.05) is 29.1 Å². The van der Waals surface area contributed by atoms with Crippen molar-refractivity contribution in [3.63, 3.8) is 0 Å². The molecule has 1 N–H and O–H groups in total. The number of carbonyl (C=O) groups excluding carboxylic acids is 1. The van der Waals surface area contributed by atoms with Gasteiger partial charge >= 0.3 is 6.18 Å². The molecule has 1 aromatic carbocycles. The van der Waals surface area contributed by atoms with Crippen LogP contribution in [-0.2, 0) is 17.5 Å². The lowest BCUT2D eigenvalue weighted by atomic mass is 10.1. The molecular formula is C21H21ClF3N5O2S. The highest BCUT2D eigenvalue weighted by molar-refractivity contribution is 7.99. The van der Waals surface area contributed by atoms with Gasteiger partial charge in [0, 0.05) is 18.1 Å². The van der Waals surface area contributed by atoms with Gasteiger partial charge in [0.2, 0.25) is 11.9 Å². The highest BCUT2D eigenvalue weighted by Crippen LogP contribution is 2.36. The summed E-state index contributed by atoms with van der Waals surface area (Å²) < 4.78 is 47.2. The summed E-state index contributed by atoms with van der Waals surface area (Å²) in [7, 11) is 0. The molecule has 3 aromatic rings. The Hall–Kier alpha value is -2.66. The summed E-state index contributed by atoms with van der Waals surface area (Å²) in [6, 6.07) is 6.84. The first kappa shape index (κ1) is 23.5. The maximum absolute atomic E-state index is 13.3. The highest BCUT2D eigenvalue weighted by Gasteiger charge is 2.34. The van der Waals surface area contributed by atoms with Crippen LogP contribution in [-0.4, -0.2) is 39.5 Å². The minimum absolute atomic E-state index is 0.0639. The van der Waals surface area contributed by atoms with Crippen LogP contribution in [0.2, 0.25) is 5.02 Å². The van der Waals surface area contributed by atoms with Crippen LogP contribution in [0.5, 0.6) is 0 Å². The number of halogens is 4. The number of alkyl halides is 3. The fraction of sp³-hybridized carbons (Fsp3) is 0.381. The predicted molar refractivity (Wildman–Crippen MR) is 120 cm³/mol. The molecule has 1 aliphatic heterocycles. The van der Waals surface area contributed by atoms with Gasteiger partial charge in [-0.1, -0.05) is 23.4 Å². The monoisotopic (exact) mass is 499 g/mol. The van der Waals surface area contributed by atoms with E-state index in [-0.39, 0.29) is 16.5 Å². The molecule has 0 saturated carbocycles. The Kier molecular flexibility index (Phi) is 7.18. The average molecular weight is 500 g/mol. The lowest BCUT2D eigenvalue weighted by molar-refractivity contribution is -0.137. The fourth-order valence-electron chi connectivity index (χ4n) is 3.59. The lowest BCUT2D eigenvalue weighted by Crippen LogP contribution is -2.32. The number of furan rings is 1. The standard InChI is InChI=1S/C21H21ClF3N5O2S/c22-14-6-7-17(16(11-14)21(23,24)25)26-18(31)13-33-20-28-27-19(29-8-2-1-3-9-29)30(20)12-15-5-4-10-32-15/h4-7,10-11H,1-3,8-9,12-13H2,(H,26,31). The predicted octanol–water partition coefficient (Wildman–Crippen LogP) is 5.31. The van der Waals surface area contributed by atoms with Gasteiger partial charge in [-0.2, -0.15) is 13.2 Å². The summed E-state index contributed by atoms with van der Waals surface area (Å²) >= 11 is 6.80. The number of hydrogen-bond donors (Lipinski definition) is 1. The van der Waals surface area contributed by atoms with E-state index < -0.39 is 17.6 Å². The molecule has 0 bridgehead atoms. The number of anilines is 2. The van der Waals surface area contributed by atoms with Crippen LogP contribution in [0.15, 0.2) is 46.2 Å². The number of rotatable bonds is 7. The second-order valence-electron chi connectivity index (χ2n) is 7.52. The molecule has 1 fully saturated rings. The smallest absolute Gasteiger partial charge is 0.418 e. The van der Waals surface area contributed by atoms with E-state index in [0.29, 0.717) is 23.4 Å². The van der Waals surface area contributed by atoms with Crippen molar-refractivity contribution in [3.05, 3.63) is 52.9 Å². The summed E-state index contributed by atoms with van der Waals surface area (Å²) in [4.78, 5) is 14.6. The van der Waals surface area contributed by atoms with Gasteiger partial charge in [-0.3, -0.25) is 9.36 Å². The van der Waals surface area contributed by atoms with Crippen molar-refractivity contribution in [1.82, 2.24) is 14.8 Å². The van der Waals surface area contributed by atoms with Gasteiger partial charge in [0.05, 0.1) is 29.8 Å². The van der Waals surface area contributed by atoms with Gasteiger partial charge in [0.25, 0.3) is 0 Å². The molecule has 0 unspecified atom stereocenters. The summed E-state index contributed by atoms with van der Waals surface area (Å²) in [6.45, 7) is 2.10. The highest BCUT2D eigenvalue weighted by atomic mass is 35.5. The van der Waals surface area contributed by atoms with E-state index in [9.17, 15) is 18.0 Å². The molecule has 12 heteroatoms. The SMILES string of the molecule is O=C(CSc1nnc(N2CCCCC2)n1Cc1ccco1)Nc1ccc(Cl)cc1C(F)(F)F. The van der Waals surface area contributed by atoms with Crippen LogP contribution in [0, 0.1) is 0 Å². The molecule has 33 heavy (non-hydrogen) atoms. The van der Waals surface area contributed by atoms with E-state index in [4.69, 9.17) is 16.0 Å². The van der Waals surface area contributed by atoms with Crippen LogP contribution in [0.25, 0.3) is 0 Å². The Bertz CT molecular complexity index is 1100. The van der Waals surface area contributed by atoms with E-state index in [1.807, 2.05) is 10.6 Å². The van der Waals surface area contributed by atoms with Gasteiger partial charge in [-0.15, -0.1) is 10.2 Å². The number of aromatic nitrogens is 3. The van der Waals surface area contributed by atoms with E-state index >= 15 is 0 Å². The maximum atomic E-state index is 13.3. The Morgan fingerprint density at radius 2 is 1.97 bits per heavy atom. The zero-order valence-corrected chi connectivity index (χ0v) is 19.0. The minimum atomic E-state index is -4.65. The van der Waals surface area contributed by atoms with Crippen LogP contribution in [0.3, 0.4) is 0 Å². The second-order valence-corrected chi connectivity index (χ2v) is 8.90. The Labute approximate surface area is 197 Å². The van der Waals surface area contributed by atoms with Crippen LogP contribution in [0.4, 0.5) is 24.8 Å². The van der Waals surface area contributed by atoms with Crippen molar-refractivity contribution in [1.29, 1.82) is 0 Å². The normalized spacial score (nSPS) is 14.5. The van der Waals surface area contributed by atoms with Gasteiger partial charge in [0.15, 0.2) is 5.16 Å². The van der Waals surface area contributed by atoms with Crippen LogP contribution in [0.1, 0.15) is 30.6 Å². The van der Waals surface area contributed by atoms with Crippen molar-refractivity contribution in [2.45, 2.75) is 37.1 Å².